The minimum absolute atomic E-state index is 0.0774. The summed E-state index contributed by atoms with van der Waals surface area (Å²) >= 11 is 0. The van der Waals surface area contributed by atoms with Crippen molar-refractivity contribution in [3.05, 3.63) is 132 Å². The fourth-order valence-electron chi connectivity index (χ4n) is 5.92. The average Bonchev–Trinajstić information content (AvgIpc) is 3.38. The molecule has 0 bridgehead atoms. The number of hydrogen-bond acceptors (Lipinski definition) is 4. The first-order chi connectivity index (χ1) is 19.7. The van der Waals surface area contributed by atoms with Crippen LogP contribution in [0.25, 0.3) is 17.0 Å². The summed E-state index contributed by atoms with van der Waals surface area (Å²) in [6.45, 7) is 0. The summed E-state index contributed by atoms with van der Waals surface area (Å²) < 4.78 is 8.53. The van der Waals surface area contributed by atoms with Crippen molar-refractivity contribution in [3.8, 4) is 5.88 Å². The smallest absolute Gasteiger partial charge is 0.328 e. The lowest BCUT2D eigenvalue weighted by Crippen LogP contribution is -2.38. The van der Waals surface area contributed by atoms with Crippen LogP contribution in [0.5, 0.6) is 5.88 Å². The second-order valence-electron chi connectivity index (χ2n) is 10.2. The van der Waals surface area contributed by atoms with Gasteiger partial charge in [-0.1, -0.05) is 97.4 Å². The molecule has 2 aromatic heterocycles. The number of carboxylic acid groups (broad SMARTS) is 1. The highest BCUT2D eigenvalue weighted by molar-refractivity contribution is 5.95. The van der Waals surface area contributed by atoms with Crippen LogP contribution >= 0.6 is 0 Å². The molecule has 1 aliphatic rings. The maximum Gasteiger partial charge on any atom is 0.328 e. The van der Waals surface area contributed by atoms with E-state index in [-0.39, 0.29) is 6.10 Å². The molecule has 0 radical (unpaired) electrons. The molecule has 1 fully saturated rings. The number of hydrogen-bond donors (Lipinski definition) is 1. The monoisotopic (exact) mass is 529 g/mol. The zero-order valence-corrected chi connectivity index (χ0v) is 22.2. The topological polar surface area (TPSA) is 77.2 Å². The molecule has 0 atom stereocenters. The standard InChI is InChI=1S/C34H31N3O3/c38-31(39)22-21-29-32-30(23-24-35-33(32)40-28-19-11-4-12-20-28)37(36-29)34(25-13-5-1-6-14-25,26-15-7-2-8-16-26)27-17-9-3-10-18-27/h1-3,5-10,13-18,21-24,28H,4,11-12,19-20H2,(H,38,39)/b22-21+. The second-order valence-corrected chi connectivity index (χ2v) is 10.2. The zero-order valence-electron chi connectivity index (χ0n) is 22.2. The highest BCUT2D eigenvalue weighted by atomic mass is 16.5. The van der Waals surface area contributed by atoms with Gasteiger partial charge in [-0.05, 0) is 54.5 Å². The van der Waals surface area contributed by atoms with E-state index in [4.69, 9.17) is 9.84 Å². The Balaban J connectivity index is 1.69. The molecule has 40 heavy (non-hydrogen) atoms. The van der Waals surface area contributed by atoms with Crippen LogP contribution in [0.15, 0.2) is 109 Å². The van der Waals surface area contributed by atoms with Crippen LogP contribution in [0.3, 0.4) is 0 Å². The summed E-state index contributed by atoms with van der Waals surface area (Å²) in [6.07, 6.45) is 9.94. The van der Waals surface area contributed by atoms with E-state index in [1.54, 1.807) is 12.3 Å². The van der Waals surface area contributed by atoms with E-state index in [1.165, 1.54) is 6.42 Å². The van der Waals surface area contributed by atoms with Crippen molar-refractivity contribution in [1.29, 1.82) is 0 Å². The highest BCUT2D eigenvalue weighted by Crippen LogP contribution is 2.44. The van der Waals surface area contributed by atoms with Gasteiger partial charge in [0.25, 0.3) is 0 Å². The van der Waals surface area contributed by atoms with Crippen LogP contribution in [0.1, 0.15) is 54.5 Å². The van der Waals surface area contributed by atoms with Gasteiger partial charge in [0.1, 0.15) is 11.6 Å². The van der Waals surface area contributed by atoms with Gasteiger partial charge in [-0.25, -0.2) is 14.5 Å². The van der Waals surface area contributed by atoms with E-state index in [9.17, 15) is 9.90 Å². The molecule has 2 heterocycles. The van der Waals surface area contributed by atoms with Gasteiger partial charge in [-0.2, -0.15) is 5.10 Å². The molecule has 1 N–H and O–H groups in total. The van der Waals surface area contributed by atoms with Gasteiger partial charge < -0.3 is 9.84 Å². The Morgan fingerprint density at radius 3 is 1.90 bits per heavy atom. The molecule has 6 heteroatoms. The molecule has 0 unspecified atom stereocenters. The summed E-state index contributed by atoms with van der Waals surface area (Å²) in [6, 6.07) is 32.8. The normalized spacial score (nSPS) is 14.5. The molecule has 5 aromatic rings. The SMILES string of the molecule is O=C(O)/C=C/c1nn(C(c2ccccc2)(c2ccccc2)c2ccccc2)c2ccnc(OC3CCCCC3)c12. The molecule has 3 aromatic carbocycles. The van der Waals surface area contributed by atoms with E-state index in [2.05, 4.69) is 41.4 Å². The van der Waals surface area contributed by atoms with Gasteiger partial charge in [0.05, 0.1) is 16.6 Å². The van der Waals surface area contributed by atoms with Crippen LogP contribution in [-0.2, 0) is 10.3 Å². The van der Waals surface area contributed by atoms with Crippen LogP contribution < -0.4 is 4.74 Å². The van der Waals surface area contributed by atoms with Crippen LogP contribution in [0, 0.1) is 0 Å². The molecule has 6 rings (SSSR count). The molecular formula is C34H31N3O3. The number of aromatic nitrogens is 3. The van der Waals surface area contributed by atoms with Crippen molar-refractivity contribution >= 4 is 22.9 Å². The van der Waals surface area contributed by atoms with Gasteiger partial charge >= 0.3 is 5.97 Å². The van der Waals surface area contributed by atoms with Gasteiger partial charge in [-0.15, -0.1) is 0 Å². The van der Waals surface area contributed by atoms with Gasteiger partial charge in [0.2, 0.25) is 5.88 Å². The number of nitrogens with zero attached hydrogens (tertiary/aromatic N) is 3. The first kappa shape index (κ1) is 25.6. The lowest BCUT2D eigenvalue weighted by atomic mass is 9.77. The Morgan fingerprint density at radius 1 is 0.825 bits per heavy atom. The van der Waals surface area contributed by atoms with E-state index < -0.39 is 11.5 Å². The summed E-state index contributed by atoms with van der Waals surface area (Å²) in [5, 5.41) is 15.4. The Hall–Kier alpha value is -4.71. The third kappa shape index (κ3) is 4.66. The molecule has 0 aliphatic heterocycles. The summed E-state index contributed by atoms with van der Waals surface area (Å²) in [7, 11) is 0. The predicted octanol–water partition coefficient (Wildman–Crippen LogP) is 7.08. The number of carboxylic acids is 1. The fraction of sp³-hybridized carbons (Fsp3) is 0.206. The first-order valence-corrected chi connectivity index (χ1v) is 13.8. The number of ether oxygens (including phenoxy) is 1. The van der Waals surface area contributed by atoms with Gasteiger partial charge in [-0.3, -0.25) is 0 Å². The lowest BCUT2D eigenvalue weighted by Gasteiger charge is -2.37. The molecule has 1 saturated carbocycles. The first-order valence-electron chi connectivity index (χ1n) is 13.8. The summed E-state index contributed by atoms with van der Waals surface area (Å²) in [5.74, 6) is -0.550. The largest absolute Gasteiger partial charge is 0.478 e. The highest BCUT2D eigenvalue weighted by Gasteiger charge is 2.41. The van der Waals surface area contributed by atoms with Crippen molar-refractivity contribution in [3.63, 3.8) is 0 Å². The molecule has 200 valence electrons. The van der Waals surface area contributed by atoms with Crippen molar-refractivity contribution < 1.29 is 14.6 Å². The van der Waals surface area contributed by atoms with Crippen molar-refractivity contribution in [1.82, 2.24) is 14.8 Å². The summed E-state index contributed by atoms with van der Waals surface area (Å²) in [4.78, 5) is 16.3. The van der Waals surface area contributed by atoms with Gasteiger partial charge in [0.15, 0.2) is 0 Å². The third-order valence-corrected chi connectivity index (χ3v) is 7.69. The van der Waals surface area contributed by atoms with Crippen molar-refractivity contribution in [2.45, 2.75) is 43.7 Å². The molecule has 0 spiro atoms. The molecule has 1 aliphatic carbocycles. The van der Waals surface area contributed by atoms with Crippen LogP contribution in [-0.4, -0.2) is 31.9 Å². The van der Waals surface area contributed by atoms with Crippen molar-refractivity contribution in [2.75, 3.05) is 0 Å². The lowest BCUT2D eigenvalue weighted by molar-refractivity contribution is -0.131. The fourth-order valence-corrected chi connectivity index (χ4v) is 5.92. The maximum atomic E-state index is 11.6. The van der Waals surface area contributed by atoms with Crippen LogP contribution in [0.4, 0.5) is 0 Å². The Labute approximate surface area is 233 Å². The van der Waals surface area contributed by atoms with Crippen LogP contribution in [0.2, 0.25) is 0 Å². The molecule has 0 amide bonds. The van der Waals surface area contributed by atoms with Crippen molar-refractivity contribution in [2.24, 2.45) is 0 Å². The number of fused-ring (bicyclic) bond motifs is 1. The minimum atomic E-state index is -1.04. The maximum absolute atomic E-state index is 11.6. The second kappa shape index (κ2) is 11.2. The number of pyridine rings is 1. The molecule has 6 nitrogen and oxygen atoms in total. The van der Waals surface area contributed by atoms with E-state index in [0.717, 1.165) is 54.0 Å². The number of benzene rings is 3. The molecular weight excluding hydrogens is 498 g/mol. The zero-order chi connectivity index (χ0) is 27.4. The van der Waals surface area contributed by atoms with E-state index >= 15 is 0 Å². The third-order valence-electron chi connectivity index (χ3n) is 7.69. The predicted molar refractivity (Wildman–Crippen MR) is 156 cm³/mol. The van der Waals surface area contributed by atoms with Gasteiger partial charge in [0, 0.05) is 12.3 Å². The Morgan fingerprint density at radius 2 is 1.38 bits per heavy atom. The quantitative estimate of drug-likeness (QED) is 0.172. The number of aliphatic carboxylic acids is 1. The number of rotatable bonds is 8. The number of carbonyl (C=O) groups is 1. The van der Waals surface area contributed by atoms with E-state index in [0.29, 0.717) is 17.0 Å². The average molecular weight is 530 g/mol. The summed E-state index contributed by atoms with van der Waals surface area (Å²) in [5.41, 5.74) is 3.53. The molecule has 0 saturated heterocycles. The van der Waals surface area contributed by atoms with E-state index in [1.807, 2.05) is 65.3 Å². The Kier molecular flexibility index (Phi) is 7.15. The Bertz CT molecular complexity index is 1530. The minimum Gasteiger partial charge on any atom is -0.478 e.